The number of aromatic nitrogens is 2. The molecule has 2 aromatic rings. The molecule has 3 aliphatic heterocycles. The number of aliphatic carboxylic acids is 2. The molecule has 5 heterocycles. The molecule has 5 rings (SSSR count). The highest BCUT2D eigenvalue weighted by Crippen LogP contribution is 2.38. The zero-order chi connectivity index (χ0) is 32.7. The van der Waals surface area contributed by atoms with Gasteiger partial charge in [0.05, 0.1) is 6.04 Å². The molecule has 0 spiro atoms. The van der Waals surface area contributed by atoms with E-state index in [1.165, 1.54) is 11.8 Å². The summed E-state index contributed by atoms with van der Waals surface area (Å²) in [5.41, 5.74) is 8.54. The minimum atomic E-state index is -1.58. The summed E-state index contributed by atoms with van der Waals surface area (Å²) in [6, 6.07) is -0.362. The number of thiol groups is 1. The van der Waals surface area contributed by atoms with Crippen molar-refractivity contribution < 1.29 is 34.8 Å². The molecular weight excluding hydrogens is 596 g/mol. The predicted molar refractivity (Wildman–Crippen MR) is 173 cm³/mol. The first-order valence-corrected chi connectivity index (χ1v) is 16.8. The summed E-state index contributed by atoms with van der Waals surface area (Å²) in [5, 5.41) is 47.0. The van der Waals surface area contributed by atoms with Crippen LogP contribution in [0.5, 0.6) is 5.88 Å². The Kier molecular flexibility index (Phi) is 9.46. The van der Waals surface area contributed by atoms with Crippen LogP contribution in [-0.4, -0.2) is 77.4 Å². The number of aliphatic hydroxyl groups excluding tert-OH is 1. The van der Waals surface area contributed by atoms with Gasteiger partial charge in [-0.1, -0.05) is 13.8 Å². The van der Waals surface area contributed by atoms with Crippen molar-refractivity contribution >= 4 is 35.7 Å². The number of carboxylic acids is 2. The Morgan fingerprint density at radius 1 is 1.04 bits per heavy atom. The fourth-order valence-corrected chi connectivity index (χ4v) is 8.32. The Balaban J connectivity index is 1.48. The number of aromatic amines is 2. The summed E-state index contributed by atoms with van der Waals surface area (Å²) in [4.78, 5) is 42.5. The van der Waals surface area contributed by atoms with Gasteiger partial charge in [0.15, 0.2) is 23.0 Å². The number of hydrogen-bond donors (Lipinski definition) is 8. The van der Waals surface area contributed by atoms with E-state index in [0.717, 1.165) is 61.9 Å². The maximum absolute atomic E-state index is 12.6. The van der Waals surface area contributed by atoms with Gasteiger partial charge >= 0.3 is 11.9 Å². The van der Waals surface area contributed by atoms with Gasteiger partial charge < -0.3 is 41.0 Å². The molecule has 2 fully saturated rings. The fraction of sp³-hybridized carbons (Fsp3) is 0.545. The van der Waals surface area contributed by atoms with Crippen molar-refractivity contribution in [1.29, 1.82) is 0 Å². The first-order chi connectivity index (χ1) is 21.3. The first kappa shape index (κ1) is 32.7. The molecule has 0 bridgehead atoms. The van der Waals surface area contributed by atoms with Crippen LogP contribution in [0.1, 0.15) is 72.9 Å². The highest BCUT2D eigenvalue weighted by Gasteiger charge is 2.54. The largest absolute Gasteiger partial charge is 0.494 e. The monoisotopic (exact) mass is 641 g/mol. The predicted octanol–water partition coefficient (Wildman–Crippen LogP) is 2.44. The third-order valence-electron chi connectivity index (χ3n) is 9.99. The van der Waals surface area contributed by atoms with Crippen molar-refractivity contribution in [3.63, 3.8) is 0 Å². The van der Waals surface area contributed by atoms with Crippen LogP contribution in [-0.2, 0) is 51.8 Å². The van der Waals surface area contributed by atoms with Crippen molar-refractivity contribution in [3.05, 3.63) is 56.2 Å². The third kappa shape index (κ3) is 6.67. The van der Waals surface area contributed by atoms with Crippen molar-refractivity contribution in [3.8, 4) is 5.88 Å². The Hall–Kier alpha value is -3.64. The van der Waals surface area contributed by atoms with E-state index in [9.17, 15) is 34.8 Å². The molecule has 3 unspecified atom stereocenters. The van der Waals surface area contributed by atoms with Gasteiger partial charge in [0.1, 0.15) is 0 Å². The lowest BCUT2D eigenvalue weighted by atomic mass is 9.86. The van der Waals surface area contributed by atoms with E-state index in [1.54, 1.807) is 0 Å². The lowest BCUT2D eigenvalue weighted by Gasteiger charge is -2.18. The number of nitrogens with one attached hydrogen (secondary N) is 4. The molecule has 3 aliphatic rings. The first-order valence-electron chi connectivity index (χ1n) is 15.7. The highest BCUT2D eigenvalue weighted by atomic mass is 32.2. The molecule has 0 aromatic carbocycles. The summed E-state index contributed by atoms with van der Waals surface area (Å²) >= 11 is 1.39. The molecule has 8 N–H and O–H groups in total. The highest BCUT2D eigenvalue weighted by molar-refractivity contribution is 7.86. The van der Waals surface area contributed by atoms with Gasteiger partial charge in [-0.15, -0.1) is 0 Å². The van der Waals surface area contributed by atoms with E-state index < -0.39 is 18.0 Å². The van der Waals surface area contributed by atoms with Crippen molar-refractivity contribution in [2.24, 2.45) is 11.8 Å². The fourth-order valence-electron chi connectivity index (χ4n) is 7.25. The molecule has 0 aliphatic carbocycles. The average molecular weight is 642 g/mol. The normalized spacial score (nSPS) is 26.0. The summed E-state index contributed by atoms with van der Waals surface area (Å²) in [6.45, 7) is 9.78. The number of amides is 1. The number of allylic oxidation sites excluding steroid dienone is 1. The molecule has 11 nitrogen and oxygen atoms in total. The molecular formula is C33H45N4O7S+. The maximum Gasteiger partial charge on any atom is 0.332 e. The number of carbonyl (C=O) groups excluding carboxylic acids is 1. The Morgan fingerprint density at radius 2 is 1.76 bits per heavy atom. The number of hydrogen-bond acceptors (Lipinski definition) is 6. The summed E-state index contributed by atoms with van der Waals surface area (Å²) in [5.74, 6) is -0.671. The topological polar surface area (TPSA) is 188 Å². The van der Waals surface area contributed by atoms with E-state index in [-0.39, 0.29) is 48.5 Å². The van der Waals surface area contributed by atoms with Crippen LogP contribution in [0.15, 0.2) is 16.8 Å². The van der Waals surface area contributed by atoms with E-state index in [2.05, 4.69) is 20.6 Å². The second-order valence-corrected chi connectivity index (χ2v) is 14.1. The van der Waals surface area contributed by atoms with Crippen molar-refractivity contribution in [1.82, 2.24) is 20.6 Å². The quantitative estimate of drug-likeness (QED) is 0.0930. The van der Waals surface area contributed by atoms with Crippen LogP contribution in [0.25, 0.3) is 6.08 Å². The molecule has 1 amide bonds. The van der Waals surface area contributed by atoms with Crippen LogP contribution >= 0.6 is 0 Å². The molecule has 2 saturated heterocycles. The third-order valence-corrected chi connectivity index (χ3v) is 11.1. The number of carbonyl (C=O) groups is 3. The summed E-state index contributed by atoms with van der Waals surface area (Å²) < 4.78 is 0. The van der Waals surface area contributed by atoms with Crippen molar-refractivity contribution in [2.75, 3.05) is 5.75 Å². The number of carboxylic acid groups (broad SMARTS) is 2. The number of rotatable bonds is 13. The van der Waals surface area contributed by atoms with E-state index >= 15 is 0 Å². The minimum absolute atomic E-state index is 0.000966. The van der Waals surface area contributed by atoms with Gasteiger partial charge in [0.25, 0.3) is 0 Å². The second-order valence-electron chi connectivity index (χ2n) is 12.7. The molecule has 2 aromatic heterocycles. The Labute approximate surface area is 267 Å². The van der Waals surface area contributed by atoms with Crippen molar-refractivity contribution in [2.45, 2.75) is 96.6 Å². The van der Waals surface area contributed by atoms with E-state index in [1.807, 2.05) is 40.7 Å². The van der Waals surface area contributed by atoms with Gasteiger partial charge in [-0.25, -0.2) is 4.79 Å². The molecule has 45 heavy (non-hydrogen) atoms. The summed E-state index contributed by atoms with van der Waals surface area (Å²) in [7, 11) is 0. The van der Waals surface area contributed by atoms with Crippen LogP contribution in [0.4, 0.5) is 0 Å². The number of H-pyrrole nitrogens is 2. The SMILES string of the molecule is CCc1c(O)[nH]c(/C=C2/NC(Cc3[nH]c(CC4NC(=O)[C@H](C)[C@H]4[C@H]4C[SH+]4)c(C)c3CCC(=O)O)C(CC(O)C(=O)O)=C2C)c1C. The van der Waals surface area contributed by atoms with Crippen LogP contribution < -0.4 is 10.6 Å². The van der Waals surface area contributed by atoms with Crippen LogP contribution in [0.3, 0.4) is 0 Å². The average Bonchev–Trinajstić information content (AvgIpc) is 3.56. The standard InChI is InChI=1S/C33H44N4O7S/c1-6-18-14(2)23(36-32(18)42)10-21-16(4)20(9-27(38)33(43)44)25(35-21)12-24-19(7-8-29(39)40)15(3)22(34-24)11-26-30(28-13-45-28)17(5)31(41)37-26/h10,17,25-28,30,34-36,38,42H,6-9,11-13H2,1-5H3,(H,37,41)(H,39,40)(H,43,44)/p+1/b21-10+/t17-,25?,26?,27?,28-,30-/m1/s1. The zero-order valence-electron chi connectivity index (χ0n) is 26.5. The molecule has 0 saturated carbocycles. The smallest absolute Gasteiger partial charge is 0.332 e. The van der Waals surface area contributed by atoms with Gasteiger partial charge in [-0.05, 0) is 79.3 Å². The lowest BCUT2D eigenvalue weighted by Crippen LogP contribution is -2.33. The van der Waals surface area contributed by atoms with E-state index in [0.29, 0.717) is 30.9 Å². The number of aromatic hydroxyl groups is 1. The van der Waals surface area contributed by atoms with Crippen LogP contribution in [0, 0.1) is 25.7 Å². The van der Waals surface area contributed by atoms with Gasteiger partial charge in [0, 0.05) is 71.9 Å². The zero-order valence-corrected chi connectivity index (χ0v) is 27.3. The van der Waals surface area contributed by atoms with Gasteiger partial charge in [-0.2, -0.15) is 0 Å². The Bertz CT molecular complexity index is 1570. The second kappa shape index (κ2) is 13.0. The number of aliphatic hydroxyl groups is 1. The van der Waals surface area contributed by atoms with Crippen LogP contribution in [0.2, 0.25) is 0 Å². The maximum atomic E-state index is 12.6. The molecule has 0 radical (unpaired) electrons. The summed E-state index contributed by atoms with van der Waals surface area (Å²) in [6.07, 6.45) is 2.24. The van der Waals surface area contributed by atoms with E-state index in [4.69, 9.17) is 0 Å². The molecule has 12 heteroatoms. The van der Waals surface area contributed by atoms with Gasteiger partial charge in [-0.3, -0.25) is 9.59 Å². The Morgan fingerprint density at radius 3 is 2.36 bits per heavy atom. The molecule has 6 atom stereocenters. The lowest BCUT2D eigenvalue weighted by molar-refractivity contribution is -0.146. The molecule has 244 valence electrons. The minimum Gasteiger partial charge on any atom is -0.494 e. The van der Waals surface area contributed by atoms with Gasteiger partial charge in [0.2, 0.25) is 5.91 Å².